The first-order valence-corrected chi connectivity index (χ1v) is 4.99. The Morgan fingerprint density at radius 1 is 1.71 bits per heavy atom. The van der Waals surface area contributed by atoms with Crippen molar-refractivity contribution in [3.8, 4) is 0 Å². The van der Waals surface area contributed by atoms with Crippen LogP contribution in [0.1, 0.15) is 29.2 Å². The number of carbonyl (C=O) groups is 1. The third-order valence-electron chi connectivity index (χ3n) is 2.55. The highest BCUT2D eigenvalue weighted by Crippen LogP contribution is 2.15. The summed E-state index contributed by atoms with van der Waals surface area (Å²) in [6, 6.07) is 0. The van der Waals surface area contributed by atoms with Crippen molar-refractivity contribution in [1.82, 2.24) is 10.3 Å². The number of carbonyl (C=O) groups excluding carboxylic acids is 1. The molecule has 0 aliphatic carbocycles. The van der Waals surface area contributed by atoms with Gasteiger partial charge < -0.3 is 9.73 Å². The highest BCUT2D eigenvalue weighted by molar-refractivity contribution is 5.70. The summed E-state index contributed by atoms with van der Waals surface area (Å²) in [6.45, 7) is 2.14. The fourth-order valence-electron chi connectivity index (χ4n) is 1.82. The van der Waals surface area contributed by atoms with Crippen molar-refractivity contribution in [3.05, 3.63) is 17.8 Å². The molecule has 0 radical (unpaired) electrons. The first-order valence-electron chi connectivity index (χ1n) is 4.99. The van der Waals surface area contributed by atoms with Gasteiger partial charge in [-0.25, -0.2) is 4.98 Å². The van der Waals surface area contributed by atoms with E-state index in [4.69, 9.17) is 4.42 Å². The van der Waals surface area contributed by atoms with E-state index in [9.17, 15) is 4.79 Å². The fourth-order valence-corrected chi connectivity index (χ4v) is 1.82. The fraction of sp³-hybridized carbons (Fsp3) is 0.600. The number of oxazole rings is 1. The summed E-state index contributed by atoms with van der Waals surface area (Å²) < 4.78 is 5.19. The molecule has 1 unspecified atom stereocenters. The van der Waals surface area contributed by atoms with E-state index in [2.05, 4.69) is 10.3 Å². The van der Waals surface area contributed by atoms with Crippen LogP contribution >= 0.6 is 0 Å². The summed E-state index contributed by atoms with van der Waals surface area (Å²) in [6.07, 6.45) is 5.39. The van der Waals surface area contributed by atoms with Crippen molar-refractivity contribution in [2.24, 2.45) is 5.92 Å². The van der Waals surface area contributed by atoms with E-state index in [1.165, 1.54) is 19.1 Å². The molecule has 1 aliphatic rings. The van der Waals surface area contributed by atoms with Crippen LogP contribution in [0.25, 0.3) is 0 Å². The van der Waals surface area contributed by atoms with Crippen LogP contribution in [0.2, 0.25) is 0 Å². The molecule has 0 bridgehead atoms. The topological polar surface area (TPSA) is 55.1 Å². The van der Waals surface area contributed by atoms with E-state index in [-0.39, 0.29) is 0 Å². The van der Waals surface area contributed by atoms with Crippen LogP contribution in [0.15, 0.2) is 10.7 Å². The summed E-state index contributed by atoms with van der Waals surface area (Å²) in [5.74, 6) is 1.28. The van der Waals surface area contributed by atoms with E-state index in [1.54, 1.807) is 0 Å². The van der Waals surface area contributed by atoms with Gasteiger partial charge in [-0.05, 0) is 31.8 Å². The Bertz CT molecular complexity index is 303. The molecule has 0 spiro atoms. The largest absolute Gasteiger partial charge is 0.448 e. The van der Waals surface area contributed by atoms with Crippen molar-refractivity contribution in [2.45, 2.75) is 19.3 Å². The molecule has 1 fully saturated rings. The Labute approximate surface area is 82.7 Å². The maximum Gasteiger partial charge on any atom is 0.194 e. The van der Waals surface area contributed by atoms with Crippen LogP contribution in [0.3, 0.4) is 0 Å². The van der Waals surface area contributed by atoms with E-state index < -0.39 is 0 Å². The molecule has 2 heterocycles. The highest BCUT2D eigenvalue weighted by atomic mass is 16.3. The highest BCUT2D eigenvalue weighted by Gasteiger charge is 2.16. The number of nitrogens with one attached hydrogen (secondary N) is 1. The van der Waals surface area contributed by atoms with Gasteiger partial charge in [-0.3, -0.25) is 4.79 Å². The van der Waals surface area contributed by atoms with Crippen molar-refractivity contribution in [3.63, 3.8) is 0 Å². The van der Waals surface area contributed by atoms with Crippen LogP contribution in [0.4, 0.5) is 0 Å². The molecule has 1 atom stereocenters. The molecule has 0 saturated carbocycles. The second kappa shape index (κ2) is 4.37. The molecule has 2 rings (SSSR count). The standard InChI is InChI=1S/C10H14N2O2/c13-6-9-7-14-10(12-9)4-8-2-1-3-11-5-8/h6-8,11H,1-5H2. The summed E-state index contributed by atoms with van der Waals surface area (Å²) in [5.41, 5.74) is 0.392. The SMILES string of the molecule is O=Cc1coc(CC2CCCNC2)n1. The van der Waals surface area contributed by atoms with E-state index >= 15 is 0 Å². The van der Waals surface area contributed by atoms with Gasteiger partial charge in [0.15, 0.2) is 12.2 Å². The quantitative estimate of drug-likeness (QED) is 0.730. The number of hydrogen-bond acceptors (Lipinski definition) is 4. The van der Waals surface area contributed by atoms with Gasteiger partial charge in [0.25, 0.3) is 0 Å². The van der Waals surface area contributed by atoms with Crippen molar-refractivity contribution >= 4 is 6.29 Å². The molecule has 1 N–H and O–H groups in total. The van der Waals surface area contributed by atoms with Gasteiger partial charge in [0, 0.05) is 6.42 Å². The summed E-state index contributed by atoms with van der Waals surface area (Å²) in [7, 11) is 0. The minimum atomic E-state index is 0.392. The minimum Gasteiger partial charge on any atom is -0.448 e. The maximum atomic E-state index is 10.4. The molecular formula is C10H14N2O2. The lowest BCUT2D eigenvalue weighted by molar-refractivity contribution is 0.111. The second-order valence-corrected chi connectivity index (χ2v) is 3.70. The zero-order valence-corrected chi connectivity index (χ0v) is 8.03. The molecule has 1 aromatic heterocycles. The second-order valence-electron chi connectivity index (χ2n) is 3.70. The average molecular weight is 194 g/mol. The minimum absolute atomic E-state index is 0.392. The van der Waals surface area contributed by atoms with Gasteiger partial charge in [0.2, 0.25) is 0 Å². The first-order chi connectivity index (χ1) is 6.88. The van der Waals surface area contributed by atoms with Crippen LogP contribution < -0.4 is 5.32 Å². The predicted octanol–water partition coefficient (Wildman–Crippen LogP) is 1.03. The molecule has 1 saturated heterocycles. The van der Waals surface area contributed by atoms with Crippen molar-refractivity contribution < 1.29 is 9.21 Å². The molecule has 1 aliphatic heterocycles. The van der Waals surface area contributed by atoms with Gasteiger partial charge in [-0.15, -0.1) is 0 Å². The Balaban J connectivity index is 1.92. The van der Waals surface area contributed by atoms with Crippen LogP contribution in [0.5, 0.6) is 0 Å². The normalized spacial score (nSPS) is 22.1. The van der Waals surface area contributed by atoms with Gasteiger partial charge in [0.05, 0.1) is 0 Å². The maximum absolute atomic E-state index is 10.4. The third kappa shape index (κ3) is 2.20. The molecule has 1 aromatic rings. The molecule has 0 amide bonds. The molecule has 4 heteroatoms. The predicted molar refractivity (Wildman–Crippen MR) is 51.2 cm³/mol. The molecule has 0 aromatic carbocycles. The van der Waals surface area contributed by atoms with E-state index in [0.29, 0.717) is 23.8 Å². The van der Waals surface area contributed by atoms with Gasteiger partial charge in [-0.2, -0.15) is 0 Å². The lowest BCUT2D eigenvalue weighted by Gasteiger charge is -2.20. The first kappa shape index (κ1) is 9.40. The summed E-state index contributed by atoms with van der Waals surface area (Å²) in [5, 5.41) is 3.34. The van der Waals surface area contributed by atoms with Crippen molar-refractivity contribution in [2.75, 3.05) is 13.1 Å². The van der Waals surface area contributed by atoms with Crippen LogP contribution in [-0.2, 0) is 6.42 Å². The molecule has 14 heavy (non-hydrogen) atoms. The van der Waals surface area contributed by atoms with E-state index in [0.717, 1.165) is 19.5 Å². The van der Waals surface area contributed by atoms with Crippen molar-refractivity contribution in [1.29, 1.82) is 0 Å². The summed E-state index contributed by atoms with van der Waals surface area (Å²) >= 11 is 0. The number of aldehydes is 1. The third-order valence-corrected chi connectivity index (χ3v) is 2.55. The zero-order chi connectivity index (χ0) is 9.80. The molecule has 4 nitrogen and oxygen atoms in total. The summed E-state index contributed by atoms with van der Waals surface area (Å²) in [4.78, 5) is 14.4. The number of nitrogens with zero attached hydrogens (tertiary/aromatic N) is 1. The van der Waals surface area contributed by atoms with Crippen LogP contribution in [-0.4, -0.2) is 24.4 Å². The Morgan fingerprint density at radius 3 is 3.29 bits per heavy atom. The number of rotatable bonds is 3. The van der Waals surface area contributed by atoms with Gasteiger partial charge >= 0.3 is 0 Å². The molecular weight excluding hydrogens is 180 g/mol. The van der Waals surface area contributed by atoms with Crippen LogP contribution in [0, 0.1) is 5.92 Å². The lowest BCUT2D eigenvalue weighted by atomic mass is 9.96. The van der Waals surface area contributed by atoms with Gasteiger partial charge in [-0.1, -0.05) is 0 Å². The smallest absolute Gasteiger partial charge is 0.194 e. The zero-order valence-electron chi connectivity index (χ0n) is 8.03. The number of piperidine rings is 1. The Morgan fingerprint density at radius 2 is 2.64 bits per heavy atom. The van der Waals surface area contributed by atoms with Gasteiger partial charge in [0.1, 0.15) is 12.0 Å². The monoisotopic (exact) mass is 194 g/mol. The number of hydrogen-bond donors (Lipinski definition) is 1. The number of aromatic nitrogens is 1. The Kier molecular flexibility index (Phi) is 2.93. The van der Waals surface area contributed by atoms with E-state index in [1.807, 2.05) is 0 Å². The lowest BCUT2D eigenvalue weighted by Crippen LogP contribution is -2.30. The Hall–Kier alpha value is -1.16. The average Bonchev–Trinajstić information content (AvgIpc) is 2.67. The molecule has 76 valence electrons.